The van der Waals surface area contributed by atoms with Crippen LogP contribution >= 0.6 is 24.4 Å². The molecular formula is C24H19FN4O4S2. The molecule has 0 spiro atoms. The van der Waals surface area contributed by atoms with Crippen LogP contribution in [0.15, 0.2) is 41.5 Å². The van der Waals surface area contributed by atoms with Gasteiger partial charge in [0.15, 0.2) is 10.2 Å². The van der Waals surface area contributed by atoms with Gasteiger partial charge in [-0.3, -0.25) is 38.8 Å². The summed E-state index contributed by atoms with van der Waals surface area (Å²) in [5, 5.41) is 0.921. The standard InChI is InChI=1S/C24H19FN4O4S2/c1-26-19(30)16(20(31)27(2)23(26)34)9-12-5-6-14-7-13(11-18(25)15(14)8-12)10-17-21(32)28(3)24(35)29(4)22(17)33/h5-11H,1-4H3. The molecule has 0 aromatic heterocycles. The van der Waals surface area contributed by atoms with Gasteiger partial charge in [-0.1, -0.05) is 12.1 Å². The number of hydrogen-bond acceptors (Lipinski definition) is 6. The zero-order valence-electron chi connectivity index (χ0n) is 19.2. The summed E-state index contributed by atoms with van der Waals surface area (Å²) in [5.74, 6) is -2.83. The van der Waals surface area contributed by atoms with Gasteiger partial charge in [0.25, 0.3) is 23.6 Å². The molecule has 0 N–H and O–H groups in total. The molecule has 0 bridgehead atoms. The second-order valence-electron chi connectivity index (χ2n) is 8.12. The lowest BCUT2D eigenvalue weighted by atomic mass is 9.99. The number of carbonyl (C=O) groups excluding carboxylic acids is 4. The fourth-order valence-electron chi connectivity index (χ4n) is 3.81. The summed E-state index contributed by atoms with van der Waals surface area (Å²) in [5.41, 5.74) is 0.541. The van der Waals surface area contributed by atoms with Crippen molar-refractivity contribution in [3.63, 3.8) is 0 Å². The van der Waals surface area contributed by atoms with E-state index in [0.29, 0.717) is 16.5 Å². The molecule has 2 aromatic carbocycles. The van der Waals surface area contributed by atoms with Crippen molar-refractivity contribution in [1.82, 2.24) is 19.6 Å². The first-order chi connectivity index (χ1) is 16.4. The van der Waals surface area contributed by atoms with E-state index in [2.05, 4.69) is 0 Å². The van der Waals surface area contributed by atoms with Crippen LogP contribution in [0.4, 0.5) is 4.39 Å². The zero-order chi connectivity index (χ0) is 25.8. The number of fused-ring (bicyclic) bond motifs is 1. The Balaban J connectivity index is 1.74. The van der Waals surface area contributed by atoms with Gasteiger partial charge >= 0.3 is 0 Å². The quantitative estimate of drug-likeness (QED) is 0.350. The summed E-state index contributed by atoms with van der Waals surface area (Å²) in [4.78, 5) is 54.9. The van der Waals surface area contributed by atoms with Gasteiger partial charge in [-0.25, -0.2) is 4.39 Å². The molecule has 2 aliphatic heterocycles. The SMILES string of the molecule is CN1C(=O)C(=Cc2cc(F)c3cc(C=C4C(=O)N(C)C(=S)N(C)C4=O)ccc3c2)C(=O)N(C)C1=S. The molecule has 0 unspecified atom stereocenters. The number of likely N-dealkylation sites (N-methyl/N-ethyl adjacent to an activating group) is 4. The van der Waals surface area contributed by atoms with E-state index in [4.69, 9.17) is 24.4 Å². The Kier molecular flexibility index (Phi) is 6.07. The van der Waals surface area contributed by atoms with E-state index < -0.39 is 29.4 Å². The molecule has 2 fully saturated rings. The lowest BCUT2D eigenvalue weighted by molar-refractivity contribution is -0.133. The van der Waals surface area contributed by atoms with Crippen molar-refractivity contribution in [3.05, 3.63) is 58.4 Å². The van der Waals surface area contributed by atoms with E-state index >= 15 is 4.39 Å². The van der Waals surface area contributed by atoms with Crippen LogP contribution in [0.25, 0.3) is 22.9 Å². The van der Waals surface area contributed by atoms with Crippen LogP contribution in [-0.2, 0) is 19.2 Å². The third kappa shape index (κ3) is 4.02. The molecule has 2 saturated heterocycles. The number of hydrogen-bond donors (Lipinski definition) is 0. The Morgan fingerprint density at radius 2 is 1.09 bits per heavy atom. The van der Waals surface area contributed by atoms with Crippen LogP contribution in [0.1, 0.15) is 11.1 Å². The monoisotopic (exact) mass is 510 g/mol. The molecule has 4 amide bonds. The van der Waals surface area contributed by atoms with Crippen molar-refractivity contribution in [3.8, 4) is 0 Å². The predicted octanol–water partition coefficient (Wildman–Crippen LogP) is 2.18. The van der Waals surface area contributed by atoms with Crippen molar-refractivity contribution in [2.45, 2.75) is 0 Å². The molecular weight excluding hydrogens is 491 g/mol. The molecule has 178 valence electrons. The van der Waals surface area contributed by atoms with E-state index in [0.717, 1.165) is 0 Å². The maximum Gasteiger partial charge on any atom is 0.265 e. The minimum absolute atomic E-state index is 0.0811. The van der Waals surface area contributed by atoms with E-state index in [1.54, 1.807) is 18.2 Å². The normalized spacial score (nSPS) is 17.3. The van der Waals surface area contributed by atoms with Crippen molar-refractivity contribution in [2.75, 3.05) is 28.2 Å². The lowest BCUT2D eigenvalue weighted by Gasteiger charge is -2.31. The van der Waals surface area contributed by atoms with Gasteiger partial charge in [0.1, 0.15) is 17.0 Å². The topological polar surface area (TPSA) is 81.2 Å². The number of rotatable bonds is 2. The molecule has 4 rings (SSSR count). The second kappa shape index (κ2) is 8.75. The highest BCUT2D eigenvalue weighted by Crippen LogP contribution is 2.26. The Labute approximate surface area is 210 Å². The van der Waals surface area contributed by atoms with Gasteiger partial charge in [0.05, 0.1) is 0 Å². The second-order valence-corrected chi connectivity index (χ2v) is 8.85. The summed E-state index contributed by atoms with van der Waals surface area (Å²) in [6.45, 7) is 0. The Bertz CT molecular complexity index is 1400. The number of benzene rings is 2. The van der Waals surface area contributed by atoms with Crippen LogP contribution in [0.5, 0.6) is 0 Å². The zero-order valence-corrected chi connectivity index (χ0v) is 20.8. The van der Waals surface area contributed by atoms with Gasteiger partial charge < -0.3 is 0 Å². The number of amides is 4. The maximum absolute atomic E-state index is 15.1. The highest BCUT2D eigenvalue weighted by molar-refractivity contribution is 7.80. The highest BCUT2D eigenvalue weighted by atomic mass is 32.1. The van der Waals surface area contributed by atoms with Crippen LogP contribution < -0.4 is 0 Å². The minimum atomic E-state index is -0.598. The third-order valence-electron chi connectivity index (χ3n) is 5.86. The van der Waals surface area contributed by atoms with Crippen LogP contribution in [0, 0.1) is 5.82 Å². The molecule has 0 aliphatic carbocycles. The summed E-state index contributed by atoms with van der Waals surface area (Å²) >= 11 is 10.2. The van der Waals surface area contributed by atoms with E-state index in [1.165, 1.54) is 72.1 Å². The fourth-order valence-corrected chi connectivity index (χ4v) is 4.14. The molecule has 0 saturated carbocycles. The summed E-state index contributed by atoms with van der Waals surface area (Å²) < 4.78 is 15.1. The fraction of sp³-hybridized carbons (Fsp3) is 0.167. The van der Waals surface area contributed by atoms with Gasteiger partial charge in [-0.05, 0) is 71.3 Å². The van der Waals surface area contributed by atoms with Crippen LogP contribution in [0.3, 0.4) is 0 Å². The largest absolute Gasteiger partial charge is 0.288 e. The molecule has 8 nitrogen and oxygen atoms in total. The summed E-state index contributed by atoms with van der Waals surface area (Å²) in [7, 11) is 5.87. The molecule has 35 heavy (non-hydrogen) atoms. The first-order valence-corrected chi connectivity index (χ1v) is 11.1. The Hall–Kier alpha value is -3.83. The summed E-state index contributed by atoms with van der Waals surface area (Å²) in [6.07, 6.45) is 2.72. The van der Waals surface area contributed by atoms with Crippen LogP contribution in [0.2, 0.25) is 0 Å². The van der Waals surface area contributed by atoms with Crippen molar-refractivity contribution in [2.24, 2.45) is 0 Å². The molecule has 2 aliphatic rings. The number of nitrogens with zero attached hydrogens (tertiary/aromatic N) is 4. The van der Waals surface area contributed by atoms with Gasteiger partial charge in [0.2, 0.25) is 0 Å². The molecule has 2 aromatic rings. The highest BCUT2D eigenvalue weighted by Gasteiger charge is 2.36. The predicted molar refractivity (Wildman–Crippen MR) is 136 cm³/mol. The average molecular weight is 511 g/mol. The van der Waals surface area contributed by atoms with Crippen molar-refractivity contribution >= 4 is 81.2 Å². The molecule has 11 heteroatoms. The van der Waals surface area contributed by atoms with Gasteiger partial charge in [-0.15, -0.1) is 0 Å². The van der Waals surface area contributed by atoms with E-state index in [-0.39, 0.29) is 26.8 Å². The third-order valence-corrected chi connectivity index (χ3v) is 6.96. The lowest BCUT2D eigenvalue weighted by Crippen LogP contribution is -2.52. The Morgan fingerprint density at radius 1 is 0.657 bits per heavy atom. The molecule has 0 radical (unpaired) electrons. The van der Waals surface area contributed by atoms with Gasteiger partial charge in [0, 0.05) is 33.6 Å². The first kappa shape index (κ1) is 24.3. The van der Waals surface area contributed by atoms with Crippen molar-refractivity contribution in [1.29, 1.82) is 0 Å². The molecule has 0 atom stereocenters. The average Bonchev–Trinajstić information content (AvgIpc) is 2.84. The summed E-state index contributed by atoms with van der Waals surface area (Å²) in [6, 6.07) is 7.61. The van der Waals surface area contributed by atoms with Gasteiger partial charge in [-0.2, -0.15) is 0 Å². The first-order valence-electron chi connectivity index (χ1n) is 10.3. The van der Waals surface area contributed by atoms with E-state index in [1.807, 2.05) is 0 Å². The smallest absolute Gasteiger partial charge is 0.265 e. The number of carbonyl (C=O) groups is 4. The maximum atomic E-state index is 15.1. The minimum Gasteiger partial charge on any atom is -0.288 e. The van der Waals surface area contributed by atoms with Crippen LogP contribution in [-0.4, -0.2) is 81.6 Å². The van der Waals surface area contributed by atoms with Crippen molar-refractivity contribution < 1.29 is 23.6 Å². The molecule has 2 heterocycles. The number of thiocarbonyl (C=S) groups is 2. The Morgan fingerprint density at radius 3 is 1.54 bits per heavy atom. The van der Waals surface area contributed by atoms with E-state index in [9.17, 15) is 19.2 Å². The number of halogens is 1.